The monoisotopic (exact) mass is 337 g/mol. The molecule has 0 heterocycles. The molecular weight excluding hydrogens is 301 g/mol. The number of hydrogen-bond donors (Lipinski definition) is 1. The van der Waals surface area contributed by atoms with E-state index in [1.165, 1.54) is 11.0 Å². The van der Waals surface area contributed by atoms with Crippen LogP contribution in [0.25, 0.3) is 0 Å². The van der Waals surface area contributed by atoms with Crippen molar-refractivity contribution in [3.8, 4) is 0 Å². The first kappa shape index (κ1) is 20.4. The molecule has 3 nitrogen and oxygen atoms in total. The molecule has 0 aliphatic rings. The van der Waals surface area contributed by atoms with E-state index in [1.54, 1.807) is 0 Å². The fourth-order valence-corrected chi connectivity index (χ4v) is 6.15. The number of rotatable bonds is 8. The van der Waals surface area contributed by atoms with Crippen molar-refractivity contribution < 1.29 is 0 Å². The van der Waals surface area contributed by atoms with Gasteiger partial charge >= 0.3 is 0 Å². The Morgan fingerprint density at radius 1 is 0.696 bits per heavy atom. The van der Waals surface area contributed by atoms with Gasteiger partial charge < -0.3 is 5.32 Å². The topological polar surface area (TPSA) is 18.5 Å². The van der Waals surface area contributed by atoms with Gasteiger partial charge in [0, 0.05) is 42.2 Å². The molecule has 0 aliphatic carbocycles. The second-order valence-electron chi connectivity index (χ2n) is 7.22. The Balaban J connectivity index is 3.38. The summed E-state index contributed by atoms with van der Waals surface area (Å²) >= 11 is 0. The van der Waals surface area contributed by atoms with Gasteiger partial charge in [-0.05, 0) is 79.7 Å². The van der Waals surface area contributed by atoms with Crippen LogP contribution >= 0.6 is 8.22 Å². The first-order valence-corrected chi connectivity index (χ1v) is 10.1. The quantitative estimate of drug-likeness (QED) is 0.681. The van der Waals surface area contributed by atoms with E-state index in [9.17, 15) is 0 Å². The zero-order valence-corrected chi connectivity index (χ0v) is 17.4. The van der Waals surface area contributed by atoms with Crippen LogP contribution in [0.2, 0.25) is 0 Å². The summed E-state index contributed by atoms with van der Waals surface area (Å²) in [7, 11) is 1.45. The number of nitrogens with one attached hydrogen (secondary N) is 1. The summed E-state index contributed by atoms with van der Waals surface area (Å²) < 4.78 is 5.37. The van der Waals surface area contributed by atoms with Crippen LogP contribution in [0.15, 0.2) is 24.3 Å². The zero-order chi connectivity index (χ0) is 17.7. The summed E-state index contributed by atoms with van der Waals surface area (Å²) in [6.45, 7) is 18.5. The average Bonchev–Trinajstić information content (AvgIpc) is 2.45. The van der Waals surface area contributed by atoms with Crippen LogP contribution in [0, 0.1) is 0 Å². The Labute approximate surface area is 145 Å². The first-order valence-electron chi connectivity index (χ1n) is 8.85. The minimum atomic E-state index is -0.519. The third kappa shape index (κ3) is 5.17. The second kappa shape index (κ2) is 9.01. The van der Waals surface area contributed by atoms with Crippen molar-refractivity contribution in [2.24, 2.45) is 0 Å². The van der Waals surface area contributed by atoms with Gasteiger partial charge in [-0.2, -0.15) is 0 Å². The Morgan fingerprint density at radius 2 is 1.04 bits per heavy atom. The summed E-state index contributed by atoms with van der Waals surface area (Å²) in [5, 5.41) is 4.66. The van der Waals surface area contributed by atoms with Gasteiger partial charge in [-0.15, -0.1) is 0 Å². The van der Waals surface area contributed by atoms with Crippen LogP contribution in [0.5, 0.6) is 0 Å². The maximum atomic E-state index is 3.22. The molecule has 0 amide bonds. The summed E-state index contributed by atoms with van der Waals surface area (Å²) in [5.41, 5.74) is 1.17. The second-order valence-corrected chi connectivity index (χ2v) is 9.24. The van der Waals surface area contributed by atoms with E-state index in [4.69, 9.17) is 0 Å². The van der Waals surface area contributed by atoms with E-state index in [-0.39, 0.29) is 0 Å². The smallest absolute Gasteiger partial charge is 0.0734 e. The predicted octanol–water partition coefficient (Wildman–Crippen LogP) is 4.90. The maximum Gasteiger partial charge on any atom is 0.0734 e. The fourth-order valence-electron chi connectivity index (χ4n) is 3.21. The van der Waals surface area contributed by atoms with Crippen molar-refractivity contribution in [1.82, 2.24) is 9.34 Å². The standard InChI is InChI=1S/C19H36N3P/c1-14(2)21(15(3)4)23(22(16(5)6)17(7)8)19-12-10-18(20-9)11-13-19/h10-17,20H,1-9H3. The fraction of sp³-hybridized carbons (Fsp3) is 0.684. The molecule has 0 aliphatic heterocycles. The molecule has 0 aromatic heterocycles. The molecule has 0 saturated heterocycles. The minimum Gasteiger partial charge on any atom is -0.388 e. The molecule has 1 aromatic rings. The summed E-state index contributed by atoms with van der Waals surface area (Å²) in [5.74, 6) is 0. The lowest BCUT2D eigenvalue weighted by Crippen LogP contribution is -2.45. The third-order valence-corrected chi connectivity index (χ3v) is 7.42. The molecule has 1 aromatic carbocycles. The minimum absolute atomic E-state index is 0.519. The molecule has 0 saturated carbocycles. The summed E-state index contributed by atoms with van der Waals surface area (Å²) in [6.07, 6.45) is 0. The van der Waals surface area contributed by atoms with Crippen molar-refractivity contribution in [3.63, 3.8) is 0 Å². The molecular formula is C19H36N3P. The number of nitrogens with zero attached hydrogens (tertiary/aromatic N) is 2. The first-order chi connectivity index (χ1) is 10.7. The Kier molecular flexibility index (Phi) is 8.00. The SMILES string of the molecule is CNc1ccc(P(N(C(C)C)C(C)C)N(C(C)C)C(C)C)cc1. The van der Waals surface area contributed by atoms with Crippen LogP contribution in [0.4, 0.5) is 5.69 Å². The molecule has 0 unspecified atom stereocenters. The lowest BCUT2D eigenvalue weighted by atomic mass is 10.3. The molecule has 0 fully saturated rings. The van der Waals surface area contributed by atoms with E-state index in [0.29, 0.717) is 24.2 Å². The van der Waals surface area contributed by atoms with Gasteiger partial charge in [-0.1, -0.05) is 0 Å². The lowest BCUT2D eigenvalue weighted by Gasteiger charge is -2.47. The van der Waals surface area contributed by atoms with Gasteiger partial charge in [-0.25, -0.2) is 0 Å². The molecule has 1 rings (SSSR count). The van der Waals surface area contributed by atoms with Crippen molar-refractivity contribution in [3.05, 3.63) is 24.3 Å². The van der Waals surface area contributed by atoms with Gasteiger partial charge in [0.2, 0.25) is 0 Å². The summed E-state index contributed by atoms with van der Waals surface area (Å²) in [4.78, 5) is 0. The van der Waals surface area contributed by atoms with Crippen LogP contribution in [-0.4, -0.2) is 40.6 Å². The Bertz CT molecular complexity index is 418. The highest BCUT2D eigenvalue weighted by molar-refractivity contribution is 7.61. The van der Waals surface area contributed by atoms with Crippen LogP contribution < -0.4 is 10.6 Å². The molecule has 0 atom stereocenters. The number of hydrogen-bond acceptors (Lipinski definition) is 3. The molecule has 1 N–H and O–H groups in total. The molecule has 0 bridgehead atoms. The molecule has 0 spiro atoms. The largest absolute Gasteiger partial charge is 0.388 e. The van der Waals surface area contributed by atoms with Crippen molar-refractivity contribution in [1.29, 1.82) is 0 Å². The van der Waals surface area contributed by atoms with Crippen LogP contribution in [0.1, 0.15) is 55.4 Å². The molecule has 23 heavy (non-hydrogen) atoms. The van der Waals surface area contributed by atoms with Gasteiger partial charge in [0.1, 0.15) is 0 Å². The van der Waals surface area contributed by atoms with Crippen molar-refractivity contribution in [2.75, 3.05) is 12.4 Å². The van der Waals surface area contributed by atoms with E-state index < -0.39 is 8.22 Å². The summed E-state index contributed by atoms with van der Waals surface area (Å²) in [6, 6.07) is 11.1. The zero-order valence-electron chi connectivity index (χ0n) is 16.5. The average molecular weight is 337 g/mol. The van der Waals surface area contributed by atoms with E-state index in [1.807, 2.05) is 7.05 Å². The number of anilines is 1. The van der Waals surface area contributed by atoms with Crippen LogP contribution in [-0.2, 0) is 0 Å². The highest BCUT2D eigenvalue weighted by atomic mass is 31.1. The Hall–Kier alpha value is -0.630. The van der Waals surface area contributed by atoms with E-state index in [2.05, 4.69) is 94.3 Å². The highest BCUT2D eigenvalue weighted by Crippen LogP contribution is 2.48. The Morgan fingerprint density at radius 3 is 1.30 bits per heavy atom. The van der Waals surface area contributed by atoms with Gasteiger partial charge in [0.05, 0.1) is 8.22 Å². The van der Waals surface area contributed by atoms with Gasteiger partial charge in [0.25, 0.3) is 0 Å². The molecule has 132 valence electrons. The van der Waals surface area contributed by atoms with Gasteiger partial charge in [-0.3, -0.25) is 9.34 Å². The lowest BCUT2D eigenvalue weighted by molar-refractivity contribution is 0.261. The highest BCUT2D eigenvalue weighted by Gasteiger charge is 2.33. The molecule has 4 heteroatoms. The van der Waals surface area contributed by atoms with E-state index in [0.717, 1.165) is 0 Å². The normalized spacial score (nSPS) is 12.7. The van der Waals surface area contributed by atoms with Crippen molar-refractivity contribution in [2.45, 2.75) is 79.6 Å². The van der Waals surface area contributed by atoms with Crippen molar-refractivity contribution >= 4 is 19.2 Å². The predicted molar refractivity (Wildman–Crippen MR) is 107 cm³/mol. The maximum absolute atomic E-state index is 3.22. The molecule has 0 radical (unpaired) electrons. The van der Waals surface area contributed by atoms with Crippen LogP contribution in [0.3, 0.4) is 0 Å². The van der Waals surface area contributed by atoms with Gasteiger partial charge in [0.15, 0.2) is 0 Å². The number of benzene rings is 1. The third-order valence-electron chi connectivity index (χ3n) is 3.94. The van der Waals surface area contributed by atoms with E-state index >= 15 is 0 Å².